The van der Waals surface area contributed by atoms with Gasteiger partial charge in [-0.1, -0.05) is 0 Å². The second kappa shape index (κ2) is 8.59. The summed E-state index contributed by atoms with van der Waals surface area (Å²) in [7, 11) is 0. The summed E-state index contributed by atoms with van der Waals surface area (Å²) >= 11 is 0. The van der Waals surface area contributed by atoms with Gasteiger partial charge in [0, 0.05) is 39.3 Å². The number of rotatable bonds is 4. The Morgan fingerprint density at radius 1 is 1.03 bits per heavy atom. The predicted molar refractivity (Wildman–Crippen MR) is 107 cm³/mol. The molecule has 1 N–H and O–H groups in total. The lowest BCUT2D eigenvalue weighted by Crippen LogP contribution is -2.49. The normalized spacial score (nSPS) is 18.1. The van der Waals surface area contributed by atoms with Crippen molar-refractivity contribution in [3.05, 3.63) is 47.9 Å². The number of carbonyl (C=O) groups is 1. The quantitative estimate of drug-likeness (QED) is 0.801. The number of furan rings is 1. The van der Waals surface area contributed by atoms with E-state index in [2.05, 4.69) is 10.2 Å². The summed E-state index contributed by atoms with van der Waals surface area (Å²) in [4.78, 5) is 18.7. The molecule has 6 nitrogen and oxygen atoms in total. The van der Waals surface area contributed by atoms with Crippen LogP contribution < -0.4 is 10.2 Å². The van der Waals surface area contributed by atoms with Crippen LogP contribution in [0.5, 0.6) is 0 Å². The topological polar surface area (TPSA) is 52.0 Å². The lowest BCUT2D eigenvalue weighted by atomic mass is 10.1. The average molecular weight is 422 g/mol. The molecule has 162 valence electrons. The van der Waals surface area contributed by atoms with E-state index in [1.165, 1.54) is 6.07 Å². The molecule has 30 heavy (non-hydrogen) atoms. The molecule has 9 heteroatoms. The summed E-state index contributed by atoms with van der Waals surface area (Å²) in [6, 6.07) is 6.96. The van der Waals surface area contributed by atoms with Crippen LogP contribution in [0.25, 0.3) is 0 Å². The van der Waals surface area contributed by atoms with E-state index in [0.717, 1.165) is 43.8 Å². The molecule has 1 aromatic heterocycles. The Balaban J connectivity index is 1.43. The molecular weight excluding hydrogens is 397 g/mol. The molecule has 2 aliphatic heterocycles. The van der Waals surface area contributed by atoms with Gasteiger partial charge in [0.05, 0.1) is 29.7 Å². The van der Waals surface area contributed by atoms with Gasteiger partial charge in [-0.25, -0.2) is 4.79 Å². The van der Waals surface area contributed by atoms with Gasteiger partial charge in [0.15, 0.2) is 0 Å². The van der Waals surface area contributed by atoms with Crippen molar-refractivity contribution in [2.45, 2.75) is 25.6 Å². The summed E-state index contributed by atoms with van der Waals surface area (Å²) < 4.78 is 45.0. The number of hydrogen-bond acceptors (Lipinski definition) is 4. The maximum absolute atomic E-state index is 13.2. The molecule has 3 heterocycles. The van der Waals surface area contributed by atoms with Gasteiger partial charge in [0.25, 0.3) is 0 Å². The van der Waals surface area contributed by atoms with Crippen LogP contribution >= 0.6 is 0 Å². The molecule has 1 aromatic carbocycles. The molecule has 0 radical (unpaired) electrons. The first-order valence-electron chi connectivity index (χ1n) is 10.2. The van der Waals surface area contributed by atoms with Crippen molar-refractivity contribution >= 4 is 17.4 Å². The molecule has 0 saturated carbocycles. The van der Waals surface area contributed by atoms with Crippen molar-refractivity contribution in [1.82, 2.24) is 9.80 Å². The molecule has 4 rings (SSSR count). The zero-order valence-corrected chi connectivity index (χ0v) is 16.6. The van der Waals surface area contributed by atoms with Gasteiger partial charge in [-0.2, -0.15) is 13.2 Å². The number of nitrogens with one attached hydrogen (secondary N) is 1. The lowest BCUT2D eigenvalue weighted by Gasteiger charge is -2.34. The fourth-order valence-electron chi connectivity index (χ4n) is 3.97. The van der Waals surface area contributed by atoms with Crippen LogP contribution in [0.3, 0.4) is 0 Å². The largest absolute Gasteiger partial charge is 0.468 e. The van der Waals surface area contributed by atoms with Crippen molar-refractivity contribution < 1.29 is 22.4 Å². The van der Waals surface area contributed by atoms with Gasteiger partial charge >= 0.3 is 12.2 Å². The number of anilines is 2. The van der Waals surface area contributed by atoms with E-state index in [1.807, 2.05) is 17.0 Å². The lowest BCUT2D eigenvalue weighted by molar-refractivity contribution is -0.137. The fraction of sp³-hybridized carbons (Fsp3) is 0.476. The van der Waals surface area contributed by atoms with E-state index in [-0.39, 0.29) is 11.7 Å². The first-order chi connectivity index (χ1) is 14.4. The van der Waals surface area contributed by atoms with E-state index < -0.39 is 11.7 Å². The van der Waals surface area contributed by atoms with E-state index >= 15 is 0 Å². The van der Waals surface area contributed by atoms with E-state index in [4.69, 9.17) is 4.42 Å². The Bertz CT molecular complexity index is 856. The number of amides is 2. The SMILES string of the molecule is O=C(Nc1cc(C(F)(F)F)ccc1N1CCCC1)N1CCN(Cc2ccco2)CC1. The number of urea groups is 1. The zero-order chi connectivity index (χ0) is 21.1. The maximum atomic E-state index is 13.2. The number of halogens is 3. The van der Waals surface area contributed by atoms with Crippen LogP contribution in [0.2, 0.25) is 0 Å². The Morgan fingerprint density at radius 3 is 2.40 bits per heavy atom. The van der Waals surface area contributed by atoms with E-state index in [1.54, 1.807) is 11.2 Å². The highest BCUT2D eigenvalue weighted by Gasteiger charge is 2.32. The first-order valence-corrected chi connectivity index (χ1v) is 10.2. The highest BCUT2D eigenvalue weighted by Crippen LogP contribution is 2.36. The smallest absolute Gasteiger partial charge is 0.416 e. The highest BCUT2D eigenvalue weighted by atomic mass is 19.4. The molecule has 0 spiro atoms. The van der Waals surface area contributed by atoms with Crippen LogP contribution in [0.1, 0.15) is 24.2 Å². The summed E-state index contributed by atoms with van der Waals surface area (Å²) in [5.74, 6) is 0.868. The number of nitrogens with zero attached hydrogens (tertiary/aromatic N) is 3. The molecule has 0 unspecified atom stereocenters. The van der Waals surface area contributed by atoms with Crippen LogP contribution in [-0.4, -0.2) is 55.1 Å². The van der Waals surface area contributed by atoms with Gasteiger partial charge in [-0.3, -0.25) is 4.90 Å². The number of carbonyl (C=O) groups excluding carboxylic acids is 1. The Labute approximate surface area is 173 Å². The highest BCUT2D eigenvalue weighted by molar-refractivity contribution is 5.93. The van der Waals surface area contributed by atoms with Crippen LogP contribution in [-0.2, 0) is 12.7 Å². The average Bonchev–Trinajstić information content (AvgIpc) is 3.42. The molecular formula is C21H25F3N4O2. The van der Waals surface area contributed by atoms with Gasteiger partial charge in [-0.15, -0.1) is 0 Å². The molecule has 2 aliphatic rings. The van der Waals surface area contributed by atoms with Crippen molar-refractivity contribution in [3.63, 3.8) is 0 Å². The Hall–Kier alpha value is -2.68. The number of benzene rings is 1. The monoisotopic (exact) mass is 422 g/mol. The van der Waals surface area contributed by atoms with Crippen molar-refractivity contribution in [2.24, 2.45) is 0 Å². The summed E-state index contributed by atoms with van der Waals surface area (Å²) in [5, 5.41) is 2.74. The second-order valence-electron chi connectivity index (χ2n) is 7.70. The minimum Gasteiger partial charge on any atom is -0.468 e. The number of alkyl halides is 3. The fourth-order valence-corrected chi connectivity index (χ4v) is 3.97. The standard InChI is InChI=1S/C21H25F3N4O2/c22-21(23,24)16-5-6-19(27-7-1-2-8-27)18(14-16)25-20(29)28-11-9-26(10-12-28)15-17-4-3-13-30-17/h3-6,13-14H,1-2,7-12,15H2,(H,25,29). The van der Waals surface area contributed by atoms with Gasteiger partial charge < -0.3 is 19.5 Å². The van der Waals surface area contributed by atoms with Crippen LogP contribution in [0, 0.1) is 0 Å². The molecule has 2 aromatic rings. The van der Waals surface area contributed by atoms with Gasteiger partial charge in [0.1, 0.15) is 5.76 Å². The third kappa shape index (κ3) is 4.72. The predicted octanol–water partition coefficient (Wildman–Crippen LogP) is 4.25. The minimum absolute atomic E-state index is 0.217. The van der Waals surface area contributed by atoms with Crippen molar-refractivity contribution in [3.8, 4) is 0 Å². The minimum atomic E-state index is -4.46. The third-order valence-corrected chi connectivity index (χ3v) is 5.63. The van der Waals surface area contributed by atoms with Gasteiger partial charge in [0.2, 0.25) is 0 Å². The molecule has 2 amide bonds. The zero-order valence-electron chi connectivity index (χ0n) is 16.6. The van der Waals surface area contributed by atoms with Gasteiger partial charge in [-0.05, 0) is 43.2 Å². The molecule has 2 fully saturated rings. The molecule has 2 saturated heterocycles. The third-order valence-electron chi connectivity index (χ3n) is 5.63. The van der Waals surface area contributed by atoms with Crippen LogP contribution in [0.15, 0.2) is 41.0 Å². The molecule has 0 atom stereocenters. The maximum Gasteiger partial charge on any atom is 0.416 e. The van der Waals surface area contributed by atoms with E-state index in [0.29, 0.717) is 38.4 Å². The Kier molecular flexibility index (Phi) is 5.90. The molecule has 0 aliphatic carbocycles. The van der Waals surface area contributed by atoms with Crippen molar-refractivity contribution in [1.29, 1.82) is 0 Å². The molecule has 0 bridgehead atoms. The first kappa shape index (κ1) is 20.6. The summed E-state index contributed by atoms with van der Waals surface area (Å²) in [6.45, 7) is 4.59. The second-order valence-corrected chi connectivity index (χ2v) is 7.70. The number of piperazine rings is 1. The number of hydrogen-bond donors (Lipinski definition) is 1. The van der Waals surface area contributed by atoms with Crippen LogP contribution in [0.4, 0.5) is 29.3 Å². The van der Waals surface area contributed by atoms with Crippen molar-refractivity contribution in [2.75, 3.05) is 49.5 Å². The summed E-state index contributed by atoms with van der Waals surface area (Å²) in [6.07, 6.45) is -0.843. The summed E-state index contributed by atoms with van der Waals surface area (Å²) in [5.41, 5.74) is 0.101. The van der Waals surface area contributed by atoms with E-state index in [9.17, 15) is 18.0 Å². The Morgan fingerprint density at radius 2 is 1.77 bits per heavy atom.